The molecule has 0 radical (unpaired) electrons. The molecule has 0 unspecified atom stereocenters. The highest BCUT2D eigenvalue weighted by Crippen LogP contribution is 2.15. The van der Waals surface area contributed by atoms with E-state index in [1.165, 1.54) is 12.1 Å². The van der Waals surface area contributed by atoms with E-state index in [1.807, 2.05) is 0 Å². The van der Waals surface area contributed by atoms with Gasteiger partial charge >= 0.3 is 6.18 Å². The molecule has 0 saturated carbocycles. The molecule has 0 spiro atoms. The monoisotopic (exact) mass is 213 g/mol. The Morgan fingerprint density at radius 3 is 2.54 bits per heavy atom. The molecule has 2 nitrogen and oxygen atoms in total. The van der Waals surface area contributed by atoms with Crippen LogP contribution in [-0.4, -0.2) is 12.7 Å². The van der Waals surface area contributed by atoms with Gasteiger partial charge in [0.15, 0.2) is 5.22 Å². The zero-order valence-corrected chi connectivity index (χ0v) is 7.24. The Hall–Kier alpha value is -0.680. The molecule has 1 rings (SSSR count). The summed E-state index contributed by atoms with van der Waals surface area (Å²) in [5.74, 6) is 0.384. The van der Waals surface area contributed by atoms with E-state index >= 15 is 0 Å². The highest BCUT2D eigenvalue weighted by atomic mass is 35.5. The molecule has 0 aliphatic rings. The van der Waals surface area contributed by atoms with Crippen molar-refractivity contribution in [3.8, 4) is 0 Å². The predicted octanol–water partition coefficient (Wildman–Crippen LogP) is 2.58. The van der Waals surface area contributed by atoms with Gasteiger partial charge in [-0.2, -0.15) is 13.2 Å². The molecule has 6 heteroatoms. The van der Waals surface area contributed by atoms with E-state index in [-0.39, 0.29) is 11.8 Å². The molecule has 0 amide bonds. The third kappa shape index (κ3) is 4.19. The maximum absolute atomic E-state index is 11.6. The summed E-state index contributed by atoms with van der Waals surface area (Å²) in [6.45, 7) is -1.02. The number of hydrogen-bond donors (Lipinski definition) is 1. The Morgan fingerprint density at radius 2 is 2.08 bits per heavy atom. The number of alkyl halides is 3. The molecule has 1 aromatic heterocycles. The SMILES string of the molecule is FC(F)(F)CNCc1ccc(Cl)o1. The quantitative estimate of drug-likeness (QED) is 0.835. The Balaban J connectivity index is 2.28. The number of nitrogens with one attached hydrogen (secondary N) is 1. The number of rotatable bonds is 3. The van der Waals surface area contributed by atoms with Crippen LogP contribution in [-0.2, 0) is 6.54 Å². The Kier molecular flexibility index (Phi) is 3.22. The van der Waals surface area contributed by atoms with Gasteiger partial charge in [-0.25, -0.2) is 0 Å². The predicted molar refractivity (Wildman–Crippen MR) is 41.5 cm³/mol. The fourth-order valence-corrected chi connectivity index (χ4v) is 0.936. The van der Waals surface area contributed by atoms with Crippen LogP contribution >= 0.6 is 11.6 Å². The highest BCUT2D eigenvalue weighted by molar-refractivity contribution is 6.28. The summed E-state index contributed by atoms with van der Waals surface area (Å²) in [5.41, 5.74) is 0. The van der Waals surface area contributed by atoms with Crippen LogP contribution in [0.5, 0.6) is 0 Å². The van der Waals surface area contributed by atoms with Crippen LogP contribution in [0.2, 0.25) is 5.22 Å². The summed E-state index contributed by atoms with van der Waals surface area (Å²) in [5, 5.41) is 2.35. The second-order valence-electron chi connectivity index (χ2n) is 2.42. The van der Waals surface area contributed by atoms with Crippen molar-refractivity contribution >= 4 is 11.6 Å². The van der Waals surface area contributed by atoms with Gasteiger partial charge in [0, 0.05) is 0 Å². The van der Waals surface area contributed by atoms with Gasteiger partial charge in [-0.15, -0.1) is 0 Å². The summed E-state index contributed by atoms with van der Waals surface area (Å²) in [6.07, 6.45) is -4.20. The van der Waals surface area contributed by atoms with Gasteiger partial charge in [-0.1, -0.05) is 0 Å². The average Bonchev–Trinajstić information content (AvgIpc) is 2.33. The normalized spacial score (nSPS) is 12.0. The van der Waals surface area contributed by atoms with Crippen molar-refractivity contribution in [2.45, 2.75) is 12.7 Å². The van der Waals surface area contributed by atoms with Crippen molar-refractivity contribution in [2.24, 2.45) is 0 Å². The first-order valence-electron chi connectivity index (χ1n) is 3.49. The van der Waals surface area contributed by atoms with Crippen LogP contribution in [0.1, 0.15) is 5.76 Å². The Bertz CT molecular complexity index is 271. The van der Waals surface area contributed by atoms with E-state index in [4.69, 9.17) is 16.0 Å². The lowest BCUT2D eigenvalue weighted by Crippen LogP contribution is -2.28. The molecule has 0 aromatic carbocycles. The number of halogens is 4. The van der Waals surface area contributed by atoms with Gasteiger partial charge < -0.3 is 9.73 Å². The van der Waals surface area contributed by atoms with E-state index < -0.39 is 12.7 Å². The maximum Gasteiger partial charge on any atom is 0.401 e. The molecular formula is C7H7ClF3NO. The summed E-state index contributed by atoms with van der Waals surface area (Å²) in [4.78, 5) is 0. The van der Waals surface area contributed by atoms with Crippen molar-refractivity contribution in [2.75, 3.05) is 6.54 Å². The first-order chi connectivity index (χ1) is 5.97. The summed E-state index contributed by atoms with van der Waals surface area (Å²) >= 11 is 5.41. The first kappa shape index (κ1) is 10.4. The maximum atomic E-state index is 11.6. The van der Waals surface area contributed by atoms with Gasteiger partial charge in [-0.3, -0.25) is 0 Å². The van der Waals surface area contributed by atoms with Crippen molar-refractivity contribution < 1.29 is 17.6 Å². The minimum Gasteiger partial charge on any atom is -0.448 e. The molecule has 0 fully saturated rings. The lowest BCUT2D eigenvalue weighted by molar-refractivity contribution is -0.125. The molecule has 13 heavy (non-hydrogen) atoms. The number of furan rings is 1. The fourth-order valence-electron chi connectivity index (χ4n) is 0.774. The molecule has 0 bridgehead atoms. The largest absolute Gasteiger partial charge is 0.448 e. The second-order valence-corrected chi connectivity index (χ2v) is 2.80. The van der Waals surface area contributed by atoms with Gasteiger partial charge in [0.2, 0.25) is 0 Å². The molecule has 1 heterocycles. The minimum atomic E-state index is -4.20. The molecular weight excluding hydrogens is 207 g/mol. The standard InChI is InChI=1S/C7H7ClF3NO/c8-6-2-1-5(13-6)3-12-4-7(9,10)11/h1-2,12H,3-4H2. The van der Waals surface area contributed by atoms with Crippen molar-refractivity contribution in [3.05, 3.63) is 23.1 Å². The van der Waals surface area contributed by atoms with Gasteiger partial charge in [-0.05, 0) is 23.7 Å². The van der Waals surface area contributed by atoms with E-state index in [2.05, 4.69) is 5.32 Å². The van der Waals surface area contributed by atoms with E-state index in [1.54, 1.807) is 0 Å². The van der Waals surface area contributed by atoms with E-state index in [0.29, 0.717) is 5.76 Å². The molecule has 74 valence electrons. The van der Waals surface area contributed by atoms with Gasteiger partial charge in [0.1, 0.15) is 5.76 Å². The summed E-state index contributed by atoms with van der Waals surface area (Å²) in [6, 6.07) is 3.00. The van der Waals surface area contributed by atoms with Crippen LogP contribution in [0.15, 0.2) is 16.5 Å². The molecule has 0 aliphatic heterocycles. The fraction of sp³-hybridized carbons (Fsp3) is 0.429. The smallest absolute Gasteiger partial charge is 0.401 e. The highest BCUT2D eigenvalue weighted by Gasteiger charge is 2.26. The molecule has 1 aromatic rings. The van der Waals surface area contributed by atoms with Crippen LogP contribution in [0.3, 0.4) is 0 Å². The second kappa shape index (κ2) is 4.02. The molecule has 0 saturated heterocycles. The van der Waals surface area contributed by atoms with Crippen LogP contribution in [0.4, 0.5) is 13.2 Å². The van der Waals surface area contributed by atoms with Crippen molar-refractivity contribution in [1.82, 2.24) is 5.32 Å². The Labute approximate surface area is 77.7 Å². The van der Waals surface area contributed by atoms with Gasteiger partial charge in [0.25, 0.3) is 0 Å². The van der Waals surface area contributed by atoms with Crippen LogP contribution in [0, 0.1) is 0 Å². The van der Waals surface area contributed by atoms with Crippen molar-refractivity contribution in [1.29, 1.82) is 0 Å². The third-order valence-electron chi connectivity index (χ3n) is 1.25. The Morgan fingerprint density at radius 1 is 1.38 bits per heavy atom. The zero-order valence-electron chi connectivity index (χ0n) is 6.49. The van der Waals surface area contributed by atoms with Crippen LogP contribution < -0.4 is 5.32 Å². The molecule has 0 atom stereocenters. The lowest BCUT2D eigenvalue weighted by Gasteiger charge is -2.05. The van der Waals surface area contributed by atoms with Gasteiger partial charge in [0.05, 0.1) is 13.1 Å². The summed E-state index contributed by atoms with van der Waals surface area (Å²) in [7, 11) is 0. The minimum absolute atomic E-state index is 0.0201. The van der Waals surface area contributed by atoms with Crippen molar-refractivity contribution in [3.63, 3.8) is 0 Å². The first-order valence-corrected chi connectivity index (χ1v) is 3.87. The van der Waals surface area contributed by atoms with E-state index in [0.717, 1.165) is 0 Å². The lowest BCUT2D eigenvalue weighted by atomic mass is 10.4. The van der Waals surface area contributed by atoms with E-state index in [9.17, 15) is 13.2 Å². The summed E-state index contributed by atoms with van der Waals surface area (Å²) < 4.78 is 39.8. The molecule has 0 aliphatic carbocycles. The van der Waals surface area contributed by atoms with Crippen LogP contribution in [0.25, 0.3) is 0 Å². The zero-order chi connectivity index (χ0) is 9.90. The average molecular weight is 214 g/mol. The topological polar surface area (TPSA) is 25.2 Å². The number of hydrogen-bond acceptors (Lipinski definition) is 2. The third-order valence-corrected chi connectivity index (χ3v) is 1.46. The molecule has 1 N–H and O–H groups in total.